The summed E-state index contributed by atoms with van der Waals surface area (Å²) in [5.74, 6) is 1.01. The molecule has 25 heavy (non-hydrogen) atoms. The van der Waals surface area contributed by atoms with E-state index in [0.717, 1.165) is 57.3 Å². The van der Waals surface area contributed by atoms with Gasteiger partial charge in [0.15, 0.2) is 5.96 Å². The maximum atomic E-state index is 4.46. The van der Waals surface area contributed by atoms with Gasteiger partial charge in [-0.2, -0.15) is 0 Å². The molecule has 0 aromatic carbocycles. The third-order valence-electron chi connectivity index (χ3n) is 4.51. The number of nitrogens with zero attached hydrogens (tertiary/aromatic N) is 4. The first-order valence-corrected chi connectivity index (χ1v) is 9.74. The van der Waals surface area contributed by atoms with Gasteiger partial charge in [-0.05, 0) is 36.4 Å². The Morgan fingerprint density at radius 2 is 2.08 bits per heavy atom. The van der Waals surface area contributed by atoms with Crippen molar-refractivity contribution in [3.8, 4) is 0 Å². The summed E-state index contributed by atoms with van der Waals surface area (Å²) in [5, 5.41) is 5.65. The summed E-state index contributed by atoms with van der Waals surface area (Å²) in [6.07, 6.45) is 2.92. The smallest absolute Gasteiger partial charge is 0.193 e. The second kappa shape index (κ2) is 8.97. The van der Waals surface area contributed by atoms with Gasteiger partial charge in [-0.15, -0.1) is 11.3 Å². The standard InChI is InChI=1S/C19H27N5S/c1-16-5-6-17(14-22-16)7-8-21-19(20-2)24-11-9-23(10-12-24)15-18-4-3-13-25-18/h3-6,13-14H,7-12,15H2,1-2H3,(H,20,21). The number of aliphatic imine (C=N–C) groups is 1. The van der Waals surface area contributed by atoms with E-state index in [4.69, 9.17) is 0 Å². The molecule has 3 heterocycles. The Morgan fingerprint density at radius 3 is 2.72 bits per heavy atom. The van der Waals surface area contributed by atoms with Gasteiger partial charge in [0.2, 0.25) is 0 Å². The Hall–Kier alpha value is -1.92. The van der Waals surface area contributed by atoms with Crippen LogP contribution in [0.5, 0.6) is 0 Å². The summed E-state index contributed by atoms with van der Waals surface area (Å²) in [7, 11) is 1.87. The number of thiophene rings is 1. The van der Waals surface area contributed by atoms with E-state index >= 15 is 0 Å². The second-order valence-electron chi connectivity index (χ2n) is 6.37. The molecule has 0 unspecified atom stereocenters. The van der Waals surface area contributed by atoms with Crippen LogP contribution >= 0.6 is 11.3 Å². The van der Waals surface area contributed by atoms with Crippen LogP contribution in [-0.2, 0) is 13.0 Å². The average molecular weight is 358 g/mol. The molecule has 1 aliphatic rings. The van der Waals surface area contributed by atoms with Gasteiger partial charge < -0.3 is 10.2 Å². The van der Waals surface area contributed by atoms with Crippen LogP contribution in [0.1, 0.15) is 16.1 Å². The molecule has 2 aromatic rings. The Kier molecular flexibility index (Phi) is 6.42. The minimum Gasteiger partial charge on any atom is -0.356 e. The molecule has 6 heteroatoms. The molecule has 5 nitrogen and oxygen atoms in total. The summed E-state index contributed by atoms with van der Waals surface area (Å²) in [6, 6.07) is 8.57. The predicted molar refractivity (Wildman–Crippen MR) is 105 cm³/mol. The summed E-state index contributed by atoms with van der Waals surface area (Å²) < 4.78 is 0. The Bertz CT molecular complexity index is 658. The van der Waals surface area contributed by atoms with Gasteiger partial charge in [-0.25, -0.2) is 0 Å². The van der Waals surface area contributed by atoms with E-state index in [9.17, 15) is 0 Å². The Labute approximate surface area is 154 Å². The summed E-state index contributed by atoms with van der Waals surface area (Å²) in [4.78, 5) is 15.1. The number of aryl methyl sites for hydroxylation is 1. The number of pyridine rings is 1. The van der Waals surface area contributed by atoms with Gasteiger partial charge in [0, 0.05) is 63.1 Å². The van der Waals surface area contributed by atoms with Crippen LogP contribution in [0.2, 0.25) is 0 Å². The Morgan fingerprint density at radius 1 is 1.24 bits per heavy atom. The molecular weight excluding hydrogens is 330 g/mol. The lowest BCUT2D eigenvalue weighted by molar-refractivity contribution is 0.174. The fourth-order valence-corrected chi connectivity index (χ4v) is 3.78. The zero-order chi connectivity index (χ0) is 17.5. The lowest BCUT2D eigenvalue weighted by Crippen LogP contribution is -2.52. The Balaban J connectivity index is 1.42. The zero-order valence-corrected chi connectivity index (χ0v) is 15.9. The number of guanidine groups is 1. The number of rotatable bonds is 5. The van der Waals surface area contributed by atoms with E-state index in [1.807, 2.05) is 31.5 Å². The highest BCUT2D eigenvalue weighted by molar-refractivity contribution is 7.09. The van der Waals surface area contributed by atoms with Gasteiger partial charge >= 0.3 is 0 Å². The minimum absolute atomic E-state index is 0.882. The molecule has 0 amide bonds. The molecule has 3 rings (SSSR count). The van der Waals surface area contributed by atoms with Crippen molar-refractivity contribution in [2.45, 2.75) is 19.9 Å². The highest BCUT2D eigenvalue weighted by Gasteiger charge is 2.19. The lowest BCUT2D eigenvalue weighted by Gasteiger charge is -2.36. The number of nitrogens with one attached hydrogen (secondary N) is 1. The highest BCUT2D eigenvalue weighted by Crippen LogP contribution is 2.13. The van der Waals surface area contributed by atoms with Crippen LogP contribution in [0.4, 0.5) is 0 Å². The summed E-state index contributed by atoms with van der Waals surface area (Å²) in [6.45, 7) is 8.18. The largest absolute Gasteiger partial charge is 0.356 e. The van der Waals surface area contributed by atoms with Crippen molar-refractivity contribution in [2.24, 2.45) is 4.99 Å². The topological polar surface area (TPSA) is 43.8 Å². The van der Waals surface area contributed by atoms with Crippen LogP contribution in [0.3, 0.4) is 0 Å². The first-order chi connectivity index (χ1) is 12.2. The molecule has 0 spiro atoms. The fraction of sp³-hybridized carbons (Fsp3) is 0.474. The molecule has 0 bridgehead atoms. The van der Waals surface area contributed by atoms with Crippen molar-refractivity contribution in [2.75, 3.05) is 39.8 Å². The molecule has 0 atom stereocenters. The zero-order valence-electron chi connectivity index (χ0n) is 15.1. The SMILES string of the molecule is CN=C(NCCc1ccc(C)nc1)N1CCN(Cc2cccs2)CC1. The van der Waals surface area contributed by atoms with Gasteiger partial charge in [0.25, 0.3) is 0 Å². The average Bonchev–Trinajstić information content (AvgIpc) is 3.14. The highest BCUT2D eigenvalue weighted by atomic mass is 32.1. The first kappa shape index (κ1) is 17.9. The third-order valence-corrected chi connectivity index (χ3v) is 5.37. The van der Waals surface area contributed by atoms with Crippen LogP contribution in [0, 0.1) is 6.92 Å². The van der Waals surface area contributed by atoms with Crippen molar-refractivity contribution in [3.05, 3.63) is 52.0 Å². The third kappa shape index (κ3) is 5.28. The van der Waals surface area contributed by atoms with Crippen molar-refractivity contribution in [1.29, 1.82) is 0 Å². The predicted octanol–water partition coefficient (Wildman–Crippen LogP) is 2.39. The molecule has 0 radical (unpaired) electrons. The van der Waals surface area contributed by atoms with E-state index in [1.165, 1.54) is 10.4 Å². The second-order valence-corrected chi connectivity index (χ2v) is 7.41. The molecular formula is C19H27N5S. The molecule has 1 aliphatic heterocycles. The van der Waals surface area contributed by atoms with Crippen LogP contribution in [-0.4, -0.2) is 60.5 Å². The molecule has 1 N–H and O–H groups in total. The van der Waals surface area contributed by atoms with E-state index in [-0.39, 0.29) is 0 Å². The van der Waals surface area contributed by atoms with Crippen molar-refractivity contribution >= 4 is 17.3 Å². The quantitative estimate of drug-likeness (QED) is 0.659. The fourth-order valence-electron chi connectivity index (χ4n) is 3.04. The van der Waals surface area contributed by atoms with E-state index in [2.05, 4.69) is 54.7 Å². The molecule has 0 aliphatic carbocycles. The first-order valence-electron chi connectivity index (χ1n) is 8.86. The normalized spacial score (nSPS) is 16.2. The van der Waals surface area contributed by atoms with Crippen LogP contribution in [0.15, 0.2) is 40.8 Å². The molecule has 2 aromatic heterocycles. The molecule has 0 saturated carbocycles. The van der Waals surface area contributed by atoms with Crippen molar-refractivity contribution in [1.82, 2.24) is 20.1 Å². The van der Waals surface area contributed by atoms with E-state index < -0.39 is 0 Å². The van der Waals surface area contributed by atoms with Gasteiger partial charge in [0.05, 0.1) is 0 Å². The number of hydrogen-bond donors (Lipinski definition) is 1. The summed E-state index contributed by atoms with van der Waals surface area (Å²) in [5.41, 5.74) is 2.32. The summed E-state index contributed by atoms with van der Waals surface area (Å²) >= 11 is 1.84. The van der Waals surface area contributed by atoms with Crippen molar-refractivity contribution in [3.63, 3.8) is 0 Å². The van der Waals surface area contributed by atoms with E-state index in [1.54, 1.807) is 0 Å². The number of aromatic nitrogens is 1. The molecule has 1 fully saturated rings. The van der Waals surface area contributed by atoms with Crippen LogP contribution < -0.4 is 5.32 Å². The maximum absolute atomic E-state index is 4.46. The van der Waals surface area contributed by atoms with Gasteiger partial charge in [0.1, 0.15) is 0 Å². The van der Waals surface area contributed by atoms with Gasteiger partial charge in [-0.3, -0.25) is 14.9 Å². The molecule has 134 valence electrons. The number of piperazine rings is 1. The lowest BCUT2D eigenvalue weighted by atomic mass is 10.2. The maximum Gasteiger partial charge on any atom is 0.193 e. The minimum atomic E-state index is 0.882. The van der Waals surface area contributed by atoms with Crippen LogP contribution in [0.25, 0.3) is 0 Å². The van der Waals surface area contributed by atoms with Crippen molar-refractivity contribution < 1.29 is 0 Å². The number of hydrogen-bond acceptors (Lipinski definition) is 4. The monoisotopic (exact) mass is 357 g/mol. The van der Waals surface area contributed by atoms with Gasteiger partial charge in [-0.1, -0.05) is 12.1 Å². The molecule has 1 saturated heterocycles. The van der Waals surface area contributed by atoms with E-state index in [0.29, 0.717) is 0 Å².